The number of ether oxygens (including phenoxy) is 3. The van der Waals surface area contributed by atoms with Crippen LogP contribution in [0.2, 0.25) is 0 Å². The van der Waals surface area contributed by atoms with E-state index in [9.17, 15) is 4.79 Å². The zero-order chi connectivity index (χ0) is 16.8. The van der Waals surface area contributed by atoms with Crippen molar-refractivity contribution in [3.05, 3.63) is 71.8 Å². The van der Waals surface area contributed by atoms with E-state index in [2.05, 4.69) is 15.9 Å². The van der Waals surface area contributed by atoms with E-state index in [1.165, 1.54) is 0 Å². The van der Waals surface area contributed by atoms with E-state index in [0.717, 1.165) is 11.1 Å². The molecule has 1 aliphatic heterocycles. The second-order valence-electron chi connectivity index (χ2n) is 5.64. The first-order valence-corrected chi connectivity index (χ1v) is 8.77. The molecule has 1 heterocycles. The molecule has 0 spiro atoms. The molecule has 2 aromatic carbocycles. The number of halogens is 1. The molecule has 0 aromatic heterocycles. The number of benzene rings is 2. The van der Waals surface area contributed by atoms with Gasteiger partial charge in [-0.05, 0) is 11.1 Å². The molecule has 0 radical (unpaired) electrons. The molecule has 24 heavy (non-hydrogen) atoms. The van der Waals surface area contributed by atoms with Crippen LogP contribution < -0.4 is 0 Å². The average molecular weight is 391 g/mol. The standard InChI is InChI=1S/C19H19BrO4/c20-17-18(23-12-15-9-5-2-6-10-15)16(24-19(17)21)13-22-11-14-7-3-1-4-8-14/h1-10,16-18H,11-13H2/t16-,17+,18+/m1/s1. The minimum absolute atomic E-state index is 0.304. The van der Waals surface area contributed by atoms with Crippen LogP contribution in [0.5, 0.6) is 0 Å². The monoisotopic (exact) mass is 390 g/mol. The summed E-state index contributed by atoms with van der Waals surface area (Å²) in [6.07, 6.45) is -0.775. The number of rotatable bonds is 7. The molecule has 0 amide bonds. The van der Waals surface area contributed by atoms with Crippen LogP contribution in [0.3, 0.4) is 0 Å². The van der Waals surface area contributed by atoms with Crippen LogP contribution >= 0.6 is 15.9 Å². The second kappa shape index (κ2) is 8.42. The normalized spacial score (nSPS) is 23.2. The van der Waals surface area contributed by atoms with Crippen LogP contribution in [0.4, 0.5) is 0 Å². The lowest BCUT2D eigenvalue weighted by molar-refractivity contribution is -0.144. The molecule has 0 aliphatic carbocycles. The van der Waals surface area contributed by atoms with Gasteiger partial charge >= 0.3 is 5.97 Å². The summed E-state index contributed by atoms with van der Waals surface area (Å²) < 4.78 is 17.0. The maximum Gasteiger partial charge on any atom is 0.323 e. The number of esters is 1. The first-order valence-electron chi connectivity index (χ1n) is 7.86. The van der Waals surface area contributed by atoms with Gasteiger partial charge in [0.1, 0.15) is 10.9 Å². The molecule has 5 heteroatoms. The Kier molecular flexibility index (Phi) is 6.01. The molecule has 0 bridgehead atoms. The smallest absolute Gasteiger partial charge is 0.323 e. The van der Waals surface area contributed by atoms with Crippen molar-refractivity contribution in [2.75, 3.05) is 6.61 Å². The zero-order valence-electron chi connectivity index (χ0n) is 13.1. The van der Waals surface area contributed by atoms with E-state index in [0.29, 0.717) is 19.8 Å². The zero-order valence-corrected chi connectivity index (χ0v) is 14.7. The van der Waals surface area contributed by atoms with Crippen LogP contribution in [0, 0.1) is 0 Å². The Hall–Kier alpha value is -1.69. The summed E-state index contributed by atoms with van der Waals surface area (Å²) in [4.78, 5) is 11.4. The Morgan fingerprint density at radius 2 is 1.50 bits per heavy atom. The van der Waals surface area contributed by atoms with Gasteiger partial charge in [0, 0.05) is 0 Å². The minimum Gasteiger partial charge on any atom is -0.456 e. The minimum atomic E-state index is -0.466. The van der Waals surface area contributed by atoms with Crippen molar-refractivity contribution in [1.82, 2.24) is 0 Å². The van der Waals surface area contributed by atoms with Gasteiger partial charge in [0.2, 0.25) is 0 Å². The lowest BCUT2D eigenvalue weighted by atomic mass is 10.2. The van der Waals surface area contributed by atoms with E-state index >= 15 is 0 Å². The third kappa shape index (κ3) is 4.44. The van der Waals surface area contributed by atoms with Crippen molar-refractivity contribution in [2.24, 2.45) is 0 Å². The molecule has 3 atom stereocenters. The Bertz CT molecular complexity index is 647. The highest BCUT2D eigenvalue weighted by Gasteiger charge is 2.44. The molecule has 126 valence electrons. The van der Waals surface area contributed by atoms with Gasteiger partial charge in [-0.2, -0.15) is 0 Å². The summed E-state index contributed by atoms with van der Waals surface area (Å²) in [6.45, 7) is 1.22. The average Bonchev–Trinajstić information content (AvgIpc) is 2.89. The number of cyclic esters (lactones) is 1. The van der Waals surface area contributed by atoms with Crippen molar-refractivity contribution in [2.45, 2.75) is 30.2 Å². The molecular formula is C19H19BrO4. The highest BCUT2D eigenvalue weighted by atomic mass is 79.9. The van der Waals surface area contributed by atoms with Gasteiger partial charge < -0.3 is 14.2 Å². The van der Waals surface area contributed by atoms with E-state index in [4.69, 9.17) is 14.2 Å². The topological polar surface area (TPSA) is 44.8 Å². The third-order valence-electron chi connectivity index (χ3n) is 3.83. The molecule has 1 saturated heterocycles. The molecule has 1 fully saturated rings. The Balaban J connectivity index is 1.53. The molecular weight excluding hydrogens is 372 g/mol. The number of hydrogen-bond donors (Lipinski definition) is 0. The fourth-order valence-corrected chi connectivity index (χ4v) is 3.16. The van der Waals surface area contributed by atoms with Crippen molar-refractivity contribution in [3.8, 4) is 0 Å². The predicted octanol–water partition coefficient (Wildman–Crippen LogP) is 3.48. The maximum atomic E-state index is 11.8. The van der Waals surface area contributed by atoms with Crippen LogP contribution in [0.1, 0.15) is 11.1 Å². The molecule has 3 rings (SSSR count). The lowest BCUT2D eigenvalue weighted by Crippen LogP contribution is -2.33. The molecule has 4 nitrogen and oxygen atoms in total. The lowest BCUT2D eigenvalue weighted by Gasteiger charge is -2.19. The van der Waals surface area contributed by atoms with Gasteiger partial charge in [0.05, 0.1) is 19.8 Å². The summed E-state index contributed by atoms with van der Waals surface area (Å²) in [5.74, 6) is -0.304. The van der Waals surface area contributed by atoms with Crippen LogP contribution in [0.15, 0.2) is 60.7 Å². The van der Waals surface area contributed by atoms with Gasteiger partial charge in [0.15, 0.2) is 6.10 Å². The first kappa shape index (κ1) is 17.1. The van der Waals surface area contributed by atoms with E-state index in [-0.39, 0.29) is 12.1 Å². The molecule has 0 unspecified atom stereocenters. The van der Waals surface area contributed by atoms with Crippen molar-refractivity contribution in [3.63, 3.8) is 0 Å². The van der Waals surface area contributed by atoms with Crippen LogP contribution in [0.25, 0.3) is 0 Å². The number of carbonyl (C=O) groups excluding carboxylic acids is 1. The van der Waals surface area contributed by atoms with Crippen LogP contribution in [-0.4, -0.2) is 29.6 Å². The van der Waals surface area contributed by atoms with Gasteiger partial charge in [0.25, 0.3) is 0 Å². The first-order chi connectivity index (χ1) is 11.7. The summed E-state index contributed by atoms with van der Waals surface area (Å²) in [6, 6.07) is 19.7. The fraction of sp³-hybridized carbons (Fsp3) is 0.316. The third-order valence-corrected chi connectivity index (χ3v) is 4.72. The van der Waals surface area contributed by atoms with Gasteiger partial charge in [-0.1, -0.05) is 76.6 Å². The largest absolute Gasteiger partial charge is 0.456 e. The SMILES string of the molecule is O=C1O[C@H](COCc2ccccc2)[C@H](OCc2ccccc2)[C@@H]1Br. The highest BCUT2D eigenvalue weighted by molar-refractivity contribution is 9.10. The molecule has 0 N–H and O–H groups in total. The predicted molar refractivity (Wildman–Crippen MR) is 93.7 cm³/mol. The summed E-state index contributed by atoms with van der Waals surface area (Å²) in [7, 11) is 0. The quantitative estimate of drug-likeness (QED) is 0.536. The summed E-state index contributed by atoms with van der Waals surface area (Å²) in [5.41, 5.74) is 2.14. The van der Waals surface area contributed by atoms with E-state index < -0.39 is 10.9 Å². The van der Waals surface area contributed by atoms with Gasteiger partial charge in [-0.3, -0.25) is 4.79 Å². The molecule has 1 aliphatic rings. The Morgan fingerprint density at radius 3 is 2.12 bits per heavy atom. The van der Waals surface area contributed by atoms with Crippen molar-refractivity contribution in [1.29, 1.82) is 0 Å². The number of alkyl halides is 1. The number of hydrogen-bond acceptors (Lipinski definition) is 4. The Morgan fingerprint density at radius 1 is 0.917 bits per heavy atom. The molecule has 2 aromatic rings. The van der Waals surface area contributed by atoms with Crippen molar-refractivity contribution >= 4 is 21.9 Å². The second-order valence-corrected chi connectivity index (χ2v) is 6.63. The van der Waals surface area contributed by atoms with E-state index in [1.807, 2.05) is 60.7 Å². The molecule has 0 saturated carbocycles. The highest BCUT2D eigenvalue weighted by Crippen LogP contribution is 2.26. The number of carbonyl (C=O) groups is 1. The summed E-state index contributed by atoms with van der Waals surface area (Å²) in [5, 5.41) is 0. The Labute approximate surface area is 149 Å². The summed E-state index contributed by atoms with van der Waals surface area (Å²) >= 11 is 3.37. The van der Waals surface area contributed by atoms with Crippen LogP contribution in [-0.2, 0) is 32.2 Å². The van der Waals surface area contributed by atoms with Gasteiger partial charge in [-0.15, -0.1) is 0 Å². The van der Waals surface area contributed by atoms with E-state index in [1.54, 1.807) is 0 Å². The van der Waals surface area contributed by atoms with Crippen molar-refractivity contribution < 1.29 is 19.0 Å². The maximum absolute atomic E-state index is 11.8. The fourth-order valence-electron chi connectivity index (χ4n) is 2.56. The van der Waals surface area contributed by atoms with Gasteiger partial charge in [-0.25, -0.2) is 0 Å².